The van der Waals surface area contributed by atoms with E-state index in [-0.39, 0.29) is 29.2 Å². The summed E-state index contributed by atoms with van der Waals surface area (Å²) in [6.45, 7) is 17.9. The molecule has 2 unspecified atom stereocenters. The van der Waals surface area contributed by atoms with Crippen molar-refractivity contribution in [3.05, 3.63) is 60.7 Å². The minimum Gasteiger partial charge on any atom is -0.461 e. The molecule has 2 aromatic carbocycles. The van der Waals surface area contributed by atoms with Crippen molar-refractivity contribution in [1.29, 1.82) is 0 Å². The summed E-state index contributed by atoms with van der Waals surface area (Å²) in [4.78, 5) is 26.1. The van der Waals surface area contributed by atoms with E-state index in [1.165, 1.54) is 164 Å². The summed E-state index contributed by atoms with van der Waals surface area (Å²) in [6.07, 6.45) is 41.7. The molecular weight excluding hydrogens is 991 g/mol. The molecule has 2 atom stereocenters. The van der Waals surface area contributed by atoms with E-state index in [1.54, 1.807) is 0 Å². The molecule has 1 N–H and O–H groups in total. The van der Waals surface area contributed by atoms with Gasteiger partial charge in [0.2, 0.25) is 0 Å². The normalized spacial score (nSPS) is 13.2. The van der Waals surface area contributed by atoms with Crippen molar-refractivity contribution < 1.29 is 23.5 Å². The summed E-state index contributed by atoms with van der Waals surface area (Å²) in [7, 11) is -2.55. The van der Waals surface area contributed by atoms with Gasteiger partial charge in [-0.2, -0.15) is 23.5 Å². The van der Waals surface area contributed by atoms with E-state index in [0.717, 1.165) is 100 Å². The smallest absolute Gasteiger partial charge is 0.306 e. The Morgan fingerprint density at radius 3 is 1.24 bits per heavy atom. The molecule has 0 radical (unpaired) electrons. The summed E-state index contributed by atoms with van der Waals surface area (Å²) in [5, 5.41) is 6.71. The number of carbonyl (C=O) groups is 2. The lowest BCUT2D eigenvalue weighted by Gasteiger charge is -2.43. The minimum absolute atomic E-state index is 0.0144. The van der Waals surface area contributed by atoms with Crippen LogP contribution in [0.4, 0.5) is 0 Å². The molecule has 0 amide bonds. The van der Waals surface area contributed by atoms with Gasteiger partial charge < -0.3 is 19.2 Å². The first-order valence-electron chi connectivity index (χ1n) is 32.1. The predicted octanol–water partition coefficient (Wildman–Crippen LogP) is 18.9. The molecule has 0 heterocycles. The van der Waals surface area contributed by atoms with Gasteiger partial charge in [0.1, 0.15) is 12.2 Å². The first-order valence-corrected chi connectivity index (χ1v) is 36.4. The largest absolute Gasteiger partial charge is 0.461 e. The van der Waals surface area contributed by atoms with Gasteiger partial charge in [-0.05, 0) is 111 Å². The summed E-state index contributed by atoms with van der Waals surface area (Å²) >= 11 is 3.97. The van der Waals surface area contributed by atoms with E-state index in [0.29, 0.717) is 18.9 Å². The SMILES string of the molecule is CCCCCCCCCC(=O)OC(CCCCCC(CCCCCC(CSCCCCCC)OC(=O)CCCCCCCCC)NCCCCO[Si](c1ccccc1)(c1ccccc1)C(C)(C)C)CSCCCCCC. The molecule has 9 heteroatoms. The van der Waals surface area contributed by atoms with Crippen LogP contribution >= 0.6 is 23.5 Å². The lowest BCUT2D eigenvalue weighted by molar-refractivity contribution is -0.149. The van der Waals surface area contributed by atoms with Gasteiger partial charge in [0.15, 0.2) is 0 Å². The third-order valence-corrected chi connectivity index (χ3v) is 22.8. The van der Waals surface area contributed by atoms with Crippen LogP contribution in [0.1, 0.15) is 280 Å². The van der Waals surface area contributed by atoms with E-state index >= 15 is 0 Å². The zero-order chi connectivity index (χ0) is 55.1. The Morgan fingerprint density at radius 2 is 0.829 bits per heavy atom. The molecular formula is C67H119NO5S2Si. The van der Waals surface area contributed by atoms with Gasteiger partial charge in [-0.1, -0.05) is 250 Å². The molecule has 6 nitrogen and oxygen atoms in total. The first-order chi connectivity index (χ1) is 37.1. The number of unbranched alkanes of at least 4 members (excludes halogenated alkanes) is 23. The Kier molecular flexibility index (Phi) is 44.4. The Morgan fingerprint density at radius 1 is 0.461 bits per heavy atom. The van der Waals surface area contributed by atoms with Crippen molar-refractivity contribution >= 4 is 54.2 Å². The highest BCUT2D eigenvalue weighted by Gasteiger charge is 2.50. The Labute approximate surface area is 480 Å². The maximum atomic E-state index is 13.1. The van der Waals surface area contributed by atoms with Gasteiger partial charge in [0.05, 0.1) is 0 Å². The number of carbonyl (C=O) groups excluding carboxylic acids is 2. The lowest BCUT2D eigenvalue weighted by Crippen LogP contribution is -2.66. The van der Waals surface area contributed by atoms with Crippen molar-refractivity contribution in [2.24, 2.45) is 0 Å². The van der Waals surface area contributed by atoms with E-state index in [9.17, 15) is 9.59 Å². The zero-order valence-corrected chi connectivity index (χ0v) is 53.2. The second-order valence-electron chi connectivity index (χ2n) is 23.4. The second-order valence-corrected chi connectivity index (χ2v) is 30.0. The fraction of sp³-hybridized carbons (Fsp3) is 0.791. The Bertz CT molecular complexity index is 1510. The molecule has 2 rings (SSSR count). The van der Waals surface area contributed by atoms with Crippen molar-refractivity contribution in [3.8, 4) is 0 Å². The number of rotatable bonds is 53. The summed E-state index contributed by atoms with van der Waals surface area (Å²) in [5.41, 5.74) is 0. The highest BCUT2D eigenvalue weighted by atomic mass is 32.2. The molecule has 438 valence electrons. The third-order valence-electron chi connectivity index (χ3n) is 15.4. The monoisotopic (exact) mass is 1110 g/mol. The Hall–Kier alpha value is -1.78. The van der Waals surface area contributed by atoms with Crippen LogP contribution in [0.25, 0.3) is 0 Å². The van der Waals surface area contributed by atoms with E-state index in [4.69, 9.17) is 13.9 Å². The molecule has 0 aromatic heterocycles. The number of hydrogen-bond acceptors (Lipinski definition) is 8. The van der Waals surface area contributed by atoms with Gasteiger partial charge >= 0.3 is 11.9 Å². The van der Waals surface area contributed by atoms with Gasteiger partial charge in [-0.25, -0.2) is 0 Å². The average molecular weight is 1110 g/mol. The van der Waals surface area contributed by atoms with Crippen LogP contribution < -0.4 is 15.7 Å². The van der Waals surface area contributed by atoms with E-state index in [2.05, 4.69) is 114 Å². The first kappa shape index (κ1) is 70.3. The second kappa shape index (κ2) is 48.0. The summed E-state index contributed by atoms with van der Waals surface area (Å²) in [5.74, 6) is 4.20. The number of thioether (sulfide) groups is 2. The number of ether oxygens (including phenoxy) is 2. The topological polar surface area (TPSA) is 73.9 Å². The minimum atomic E-state index is -2.55. The van der Waals surface area contributed by atoms with Crippen molar-refractivity contribution in [2.75, 3.05) is 36.2 Å². The molecule has 0 aliphatic heterocycles. The van der Waals surface area contributed by atoms with Crippen LogP contribution in [0.15, 0.2) is 60.7 Å². The lowest BCUT2D eigenvalue weighted by atomic mass is 9.99. The molecule has 0 bridgehead atoms. The predicted molar refractivity (Wildman–Crippen MR) is 339 cm³/mol. The molecule has 0 saturated carbocycles. The molecule has 0 spiro atoms. The molecule has 0 aliphatic rings. The van der Waals surface area contributed by atoms with Crippen LogP contribution in [0.2, 0.25) is 5.04 Å². The Balaban J connectivity index is 2.04. The fourth-order valence-electron chi connectivity index (χ4n) is 10.7. The highest BCUT2D eigenvalue weighted by Crippen LogP contribution is 2.37. The number of esters is 2. The third kappa shape index (κ3) is 34.4. The van der Waals surface area contributed by atoms with Crippen molar-refractivity contribution in [1.82, 2.24) is 5.32 Å². The quantitative estimate of drug-likeness (QED) is 0.0399. The maximum Gasteiger partial charge on any atom is 0.306 e. The van der Waals surface area contributed by atoms with Crippen LogP contribution in [-0.4, -0.2) is 74.7 Å². The van der Waals surface area contributed by atoms with Crippen LogP contribution in [0.3, 0.4) is 0 Å². The van der Waals surface area contributed by atoms with Gasteiger partial charge in [0, 0.05) is 37.0 Å². The fourth-order valence-corrected chi connectivity index (χ4v) is 17.5. The highest BCUT2D eigenvalue weighted by molar-refractivity contribution is 7.99. The standard InChI is InChI=1S/C67H119NO5S2Si/c1-8-12-16-20-22-24-38-52-65(69)72-61(58-74-56-42-18-14-10-3)46-32-26-30-44-60(68-54-40-41-55-71-76(67(5,6)7,63-48-34-28-35-49-63)64-50-36-29-37-51-64)45-31-27-33-47-62(59-75-57-43-19-15-11-4)73-66(70)53-39-25-23-21-17-13-9-2/h28-29,34-37,48-51,60-62,68H,8-27,30-33,38-47,52-59H2,1-7H3. The molecule has 76 heavy (non-hydrogen) atoms. The average Bonchev–Trinajstić information content (AvgIpc) is 3.41. The summed E-state index contributed by atoms with van der Waals surface area (Å²) < 4.78 is 19.7. The van der Waals surface area contributed by atoms with Crippen LogP contribution in [0.5, 0.6) is 0 Å². The van der Waals surface area contributed by atoms with E-state index < -0.39 is 8.32 Å². The van der Waals surface area contributed by atoms with Crippen molar-refractivity contribution in [2.45, 2.75) is 303 Å². The molecule has 0 saturated heterocycles. The summed E-state index contributed by atoms with van der Waals surface area (Å²) in [6, 6.07) is 22.5. The zero-order valence-electron chi connectivity index (χ0n) is 50.6. The van der Waals surface area contributed by atoms with Crippen molar-refractivity contribution in [3.63, 3.8) is 0 Å². The van der Waals surface area contributed by atoms with Crippen LogP contribution in [-0.2, 0) is 23.5 Å². The number of benzene rings is 2. The maximum absolute atomic E-state index is 13.1. The van der Waals surface area contributed by atoms with Crippen LogP contribution in [0, 0.1) is 0 Å². The van der Waals surface area contributed by atoms with Gasteiger partial charge in [0.25, 0.3) is 8.32 Å². The number of nitrogens with one attached hydrogen (secondary N) is 1. The van der Waals surface area contributed by atoms with Gasteiger partial charge in [-0.15, -0.1) is 0 Å². The molecule has 0 aliphatic carbocycles. The molecule has 0 fully saturated rings. The molecule has 2 aromatic rings. The van der Waals surface area contributed by atoms with E-state index in [1.807, 2.05) is 23.5 Å². The number of hydrogen-bond donors (Lipinski definition) is 1. The van der Waals surface area contributed by atoms with Gasteiger partial charge in [-0.3, -0.25) is 9.59 Å².